The summed E-state index contributed by atoms with van der Waals surface area (Å²) in [6.07, 6.45) is 9.90. The first-order chi connectivity index (χ1) is 9.50. The Bertz CT molecular complexity index is 397. The highest BCUT2D eigenvalue weighted by atomic mass is 32.2. The van der Waals surface area contributed by atoms with Crippen molar-refractivity contribution in [3.05, 3.63) is 0 Å². The molecule has 118 valence electrons. The lowest BCUT2D eigenvalue weighted by Gasteiger charge is -2.33. The van der Waals surface area contributed by atoms with Crippen LogP contribution in [0.4, 0.5) is 0 Å². The summed E-state index contributed by atoms with van der Waals surface area (Å²) in [7, 11) is -3.00. The Morgan fingerprint density at radius 3 is 2.70 bits per heavy atom. The van der Waals surface area contributed by atoms with E-state index in [1.807, 2.05) is 0 Å². The van der Waals surface area contributed by atoms with Crippen LogP contribution in [0.25, 0.3) is 0 Å². The zero-order chi connectivity index (χ0) is 14.6. The van der Waals surface area contributed by atoms with Gasteiger partial charge in [-0.3, -0.25) is 0 Å². The molecule has 0 aromatic rings. The number of nitrogens with zero attached hydrogens (tertiary/aromatic N) is 1. The highest BCUT2D eigenvalue weighted by molar-refractivity contribution is 7.88. The molecule has 0 aromatic heterocycles. The molecule has 0 spiro atoms. The second-order valence-electron chi connectivity index (χ2n) is 6.62. The maximum atomic E-state index is 11.7. The van der Waals surface area contributed by atoms with Gasteiger partial charge in [0.05, 0.1) is 6.26 Å². The highest BCUT2D eigenvalue weighted by Crippen LogP contribution is 2.34. The molecule has 2 fully saturated rings. The van der Waals surface area contributed by atoms with Crippen LogP contribution < -0.4 is 5.32 Å². The maximum absolute atomic E-state index is 11.7. The second-order valence-corrected chi connectivity index (χ2v) is 8.60. The van der Waals surface area contributed by atoms with E-state index in [0.29, 0.717) is 12.0 Å². The smallest absolute Gasteiger partial charge is 0.211 e. The van der Waals surface area contributed by atoms with E-state index in [-0.39, 0.29) is 0 Å². The topological polar surface area (TPSA) is 49.4 Å². The van der Waals surface area contributed by atoms with Crippen molar-refractivity contribution >= 4 is 10.0 Å². The summed E-state index contributed by atoms with van der Waals surface area (Å²) in [6.45, 7) is 4.79. The van der Waals surface area contributed by atoms with Gasteiger partial charge in [-0.1, -0.05) is 13.3 Å². The van der Waals surface area contributed by atoms with Crippen molar-refractivity contribution < 1.29 is 8.42 Å². The van der Waals surface area contributed by atoms with Crippen LogP contribution in [0.15, 0.2) is 0 Å². The third kappa shape index (κ3) is 4.43. The Morgan fingerprint density at radius 1 is 1.20 bits per heavy atom. The van der Waals surface area contributed by atoms with Crippen molar-refractivity contribution in [2.75, 3.05) is 25.9 Å². The molecule has 1 aliphatic carbocycles. The molecule has 1 saturated heterocycles. The molecule has 20 heavy (non-hydrogen) atoms. The molecule has 1 N–H and O–H groups in total. The van der Waals surface area contributed by atoms with Crippen LogP contribution in [0.5, 0.6) is 0 Å². The van der Waals surface area contributed by atoms with E-state index in [1.165, 1.54) is 44.8 Å². The summed E-state index contributed by atoms with van der Waals surface area (Å²) in [6, 6.07) is 0.670. The van der Waals surface area contributed by atoms with Gasteiger partial charge in [-0.15, -0.1) is 0 Å². The molecular formula is C15H30N2O2S. The molecule has 4 nitrogen and oxygen atoms in total. The summed E-state index contributed by atoms with van der Waals surface area (Å²) in [5, 5.41) is 3.68. The molecule has 3 unspecified atom stereocenters. The van der Waals surface area contributed by atoms with Gasteiger partial charge in [-0.25, -0.2) is 12.7 Å². The summed E-state index contributed by atoms with van der Waals surface area (Å²) in [5.41, 5.74) is 0. The maximum Gasteiger partial charge on any atom is 0.211 e. The quantitative estimate of drug-likeness (QED) is 0.818. The van der Waals surface area contributed by atoms with E-state index < -0.39 is 10.0 Å². The van der Waals surface area contributed by atoms with Crippen molar-refractivity contribution in [1.82, 2.24) is 9.62 Å². The van der Waals surface area contributed by atoms with Crippen molar-refractivity contribution in [1.29, 1.82) is 0 Å². The lowest BCUT2D eigenvalue weighted by atomic mass is 9.86. The number of hydrogen-bond acceptors (Lipinski definition) is 3. The molecule has 0 amide bonds. The average molecular weight is 302 g/mol. The van der Waals surface area contributed by atoms with Crippen molar-refractivity contribution in [3.8, 4) is 0 Å². The second kappa shape index (κ2) is 7.23. The van der Waals surface area contributed by atoms with E-state index in [2.05, 4.69) is 12.2 Å². The molecule has 2 rings (SSSR count). The lowest BCUT2D eigenvalue weighted by molar-refractivity contribution is 0.218. The van der Waals surface area contributed by atoms with Gasteiger partial charge >= 0.3 is 0 Å². The molecule has 5 heteroatoms. The normalized spacial score (nSPS) is 32.6. The zero-order valence-electron chi connectivity index (χ0n) is 13.0. The van der Waals surface area contributed by atoms with Crippen molar-refractivity contribution in [3.63, 3.8) is 0 Å². The fourth-order valence-corrected chi connectivity index (χ4v) is 4.81. The molecule has 1 aliphatic heterocycles. The predicted octanol–water partition coefficient (Wildman–Crippen LogP) is 2.22. The van der Waals surface area contributed by atoms with Gasteiger partial charge in [0, 0.05) is 19.1 Å². The van der Waals surface area contributed by atoms with Gasteiger partial charge in [0.25, 0.3) is 0 Å². The molecule has 0 radical (unpaired) electrons. The van der Waals surface area contributed by atoms with Crippen LogP contribution in [-0.2, 0) is 10.0 Å². The monoisotopic (exact) mass is 302 g/mol. The van der Waals surface area contributed by atoms with E-state index in [0.717, 1.165) is 32.0 Å². The summed E-state index contributed by atoms with van der Waals surface area (Å²) < 4.78 is 25.1. The molecule has 1 heterocycles. The molecule has 0 aromatic carbocycles. The summed E-state index contributed by atoms with van der Waals surface area (Å²) in [4.78, 5) is 0. The van der Waals surface area contributed by atoms with Crippen LogP contribution in [0, 0.1) is 11.8 Å². The van der Waals surface area contributed by atoms with E-state index in [9.17, 15) is 8.42 Å². The summed E-state index contributed by atoms with van der Waals surface area (Å²) >= 11 is 0. The molecule has 0 bridgehead atoms. The van der Waals surface area contributed by atoms with Crippen LogP contribution in [0.3, 0.4) is 0 Å². The van der Waals surface area contributed by atoms with E-state index in [1.54, 1.807) is 4.31 Å². The van der Waals surface area contributed by atoms with Gasteiger partial charge < -0.3 is 5.32 Å². The van der Waals surface area contributed by atoms with Gasteiger partial charge in [0.2, 0.25) is 10.0 Å². The van der Waals surface area contributed by atoms with Crippen LogP contribution in [0.2, 0.25) is 0 Å². The highest BCUT2D eigenvalue weighted by Gasteiger charge is 2.32. The van der Waals surface area contributed by atoms with Gasteiger partial charge in [0.15, 0.2) is 0 Å². The molecule has 2 aliphatic rings. The van der Waals surface area contributed by atoms with Crippen LogP contribution in [-0.4, -0.2) is 44.7 Å². The standard InChI is InChI=1S/C15H30N2O2S/c1-3-9-16-15-8-4-7-14(15)11-13-6-5-10-17(12-13)20(2,18)19/h13-16H,3-12H2,1-2H3. The molecular weight excluding hydrogens is 272 g/mol. The van der Waals surface area contributed by atoms with Crippen molar-refractivity contribution in [2.24, 2.45) is 11.8 Å². The minimum absolute atomic E-state index is 0.563. The van der Waals surface area contributed by atoms with Gasteiger partial charge in [-0.05, 0) is 56.9 Å². The fraction of sp³-hybridized carbons (Fsp3) is 1.00. The lowest BCUT2D eigenvalue weighted by Crippen LogP contribution is -2.41. The average Bonchev–Trinajstić information content (AvgIpc) is 2.83. The number of piperidine rings is 1. The number of rotatable bonds is 6. The first-order valence-electron chi connectivity index (χ1n) is 8.19. The SMILES string of the molecule is CCCNC1CCCC1CC1CCCN(S(C)(=O)=O)C1. The largest absolute Gasteiger partial charge is 0.314 e. The molecule has 1 saturated carbocycles. The zero-order valence-corrected chi connectivity index (χ0v) is 13.8. The Kier molecular flexibility index (Phi) is 5.87. The minimum atomic E-state index is -3.00. The predicted molar refractivity (Wildman–Crippen MR) is 83.2 cm³/mol. The Morgan fingerprint density at radius 2 is 2.00 bits per heavy atom. The van der Waals surface area contributed by atoms with E-state index in [4.69, 9.17) is 0 Å². The van der Waals surface area contributed by atoms with E-state index >= 15 is 0 Å². The van der Waals surface area contributed by atoms with Gasteiger partial charge in [0.1, 0.15) is 0 Å². The number of nitrogens with one attached hydrogen (secondary N) is 1. The van der Waals surface area contributed by atoms with Crippen LogP contribution in [0.1, 0.15) is 51.9 Å². The fourth-order valence-electron chi connectivity index (χ4n) is 3.87. The van der Waals surface area contributed by atoms with Crippen molar-refractivity contribution in [2.45, 2.75) is 57.9 Å². The minimum Gasteiger partial charge on any atom is -0.314 e. The number of sulfonamides is 1. The third-order valence-corrected chi connectivity index (χ3v) is 6.17. The Balaban J connectivity index is 1.86. The number of hydrogen-bond donors (Lipinski definition) is 1. The third-order valence-electron chi connectivity index (χ3n) is 4.90. The van der Waals surface area contributed by atoms with Gasteiger partial charge in [-0.2, -0.15) is 0 Å². The Labute approximate surface area is 124 Å². The molecule has 3 atom stereocenters. The Hall–Kier alpha value is -0.130. The summed E-state index contributed by atoms with van der Waals surface area (Å²) in [5.74, 6) is 1.32. The first-order valence-corrected chi connectivity index (χ1v) is 10.0. The first kappa shape index (κ1) is 16.2. The van der Waals surface area contributed by atoms with Crippen LogP contribution >= 0.6 is 0 Å².